The van der Waals surface area contributed by atoms with Gasteiger partial charge in [0, 0.05) is 24.8 Å². The van der Waals surface area contributed by atoms with Crippen molar-refractivity contribution in [2.45, 2.75) is 57.6 Å². The summed E-state index contributed by atoms with van der Waals surface area (Å²) in [6.45, 7) is 5.01. The Kier molecular flexibility index (Phi) is 3.22. The highest BCUT2D eigenvalue weighted by atomic mass is 19.3. The normalized spacial score (nSPS) is 27.2. The number of carbonyl (C=O) groups is 2. The Morgan fingerprint density at radius 1 is 1.30 bits per heavy atom. The maximum absolute atomic E-state index is 13.1. The van der Waals surface area contributed by atoms with Gasteiger partial charge in [0.05, 0.1) is 0 Å². The van der Waals surface area contributed by atoms with Crippen molar-refractivity contribution < 1.29 is 28.2 Å². The molecule has 2 rings (SSSR count). The molecule has 0 radical (unpaired) electrons. The Balaban J connectivity index is 2.11. The molecule has 1 spiro atoms. The fraction of sp³-hybridized carbons (Fsp3) is 0.846. The van der Waals surface area contributed by atoms with Gasteiger partial charge in [-0.1, -0.05) is 0 Å². The smallest absolute Gasteiger partial charge is 0.408 e. The minimum absolute atomic E-state index is 0.0260. The van der Waals surface area contributed by atoms with Crippen LogP contribution in [0.4, 0.5) is 13.6 Å². The van der Waals surface area contributed by atoms with E-state index in [9.17, 15) is 18.4 Å². The van der Waals surface area contributed by atoms with Crippen molar-refractivity contribution in [3.8, 4) is 0 Å². The number of carbonyl (C=O) groups excluding carboxylic acids is 1. The molecule has 1 saturated heterocycles. The van der Waals surface area contributed by atoms with Crippen LogP contribution >= 0.6 is 0 Å². The first-order chi connectivity index (χ1) is 8.93. The van der Waals surface area contributed by atoms with Crippen LogP contribution in [0, 0.1) is 5.41 Å². The van der Waals surface area contributed by atoms with Crippen molar-refractivity contribution in [2.75, 3.05) is 6.54 Å². The number of ether oxygens (including phenoxy) is 1. The summed E-state index contributed by atoms with van der Waals surface area (Å²) in [6, 6.07) is -0.983. The lowest BCUT2D eigenvalue weighted by Crippen LogP contribution is -2.48. The molecule has 1 atom stereocenters. The van der Waals surface area contributed by atoms with E-state index in [1.54, 1.807) is 20.8 Å². The second-order valence-corrected chi connectivity index (χ2v) is 6.87. The van der Waals surface area contributed by atoms with Gasteiger partial charge in [-0.05, 0) is 27.2 Å². The SMILES string of the molecule is CC(C)(C)OC(=O)[C@@H]1CC2(CN1C(=O)O)CC(F)(F)C2. The largest absolute Gasteiger partial charge is 0.465 e. The number of nitrogens with zero attached hydrogens (tertiary/aromatic N) is 1. The number of rotatable bonds is 1. The quantitative estimate of drug-likeness (QED) is 0.754. The summed E-state index contributed by atoms with van der Waals surface area (Å²) in [7, 11) is 0. The Labute approximate surface area is 115 Å². The van der Waals surface area contributed by atoms with Gasteiger partial charge < -0.3 is 9.84 Å². The van der Waals surface area contributed by atoms with Crippen LogP contribution in [0.15, 0.2) is 0 Å². The van der Waals surface area contributed by atoms with E-state index in [0.717, 1.165) is 4.90 Å². The molecule has 5 nitrogen and oxygen atoms in total. The zero-order chi connectivity index (χ0) is 15.3. The lowest BCUT2D eigenvalue weighted by atomic mass is 9.65. The minimum Gasteiger partial charge on any atom is -0.465 e. The van der Waals surface area contributed by atoms with Gasteiger partial charge in [-0.2, -0.15) is 0 Å². The van der Waals surface area contributed by atoms with E-state index < -0.39 is 35.0 Å². The first-order valence-corrected chi connectivity index (χ1v) is 6.53. The number of likely N-dealkylation sites (tertiary alicyclic amines) is 1. The fourth-order valence-electron chi connectivity index (χ4n) is 3.14. The van der Waals surface area contributed by atoms with Crippen molar-refractivity contribution in [2.24, 2.45) is 5.41 Å². The van der Waals surface area contributed by atoms with E-state index in [0.29, 0.717) is 0 Å². The average molecular weight is 291 g/mol. The summed E-state index contributed by atoms with van der Waals surface area (Å²) in [5.41, 5.74) is -1.51. The number of esters is 1. The zero-order valence-electron chi connectivity index (χ0n) is 11.8. The molecule has 1 N–H and O–H groups in total. The van der Waals surface area contributed by atoms with Crippen LogP contribution in [0.2, 0.25) is 0 Å². The molecule has 1 aliphatic carbocycles. The van der Waals surface area contributed by atoms with E-state index in [-0.39, 0.29) is 25.8 Å². The molecular formula is C13H19F2NO4. The van der Waals surface area contributed by atoms with Gasteiger partial charge in [0.2, 0.25) is 5.92 Å². The van der Waals surface area contributed by atoms with Crippen LogP contribution in [0.1, 0.15) is 40.0 Å². The summed E-state index contributed by atoms with van der Waals surface area (Å²) in [5.74, 6) is -3.40. The van der Waals surface area contributed by atoms with Crippen LogP contribution in [0.5, 0.6) is 0 Å². The first-order valence-electron chi connectivity index (χ1n) is 6.53. The van der Waals surface area contributed by atoms with Crippen LogP contribution in [0.3, 0.4) is 0 Å². The van der Waals surface area contributed by atoms with Crippen molar-refractivity contribution in [3.63, 3.8) is 0 Å². The van der Waals surface area contributed by atoms with Gasteiger partial charge >= 0.3 is 12.1 Å². The number of amides is 1. The zero-order valence-corrected chi connectivity index (χ0v) is 11.8. The predicted molar refractivity (Wildman–Crippen MR) is 65.6 cm³/mol. The first kappa shape index (κ1) is 15.0. The van der Waals surface area contributed by atoms with E-state index in [1.165, 1.54) is 0 Å². The molecule has 0 aromatic rings. The summed E-state index contributed by atoms with van der Waals surface area (Å²) in [6.07, 6.45) is -1.87. The predicted octanol–water partition coefficient (Wildman–Crippen LogP) is 2.50. The minimum atomic E-state index is -2.74. The maximum atomic E-state index is 13.1. The lowest BCUT2D eigenvalue weighted by molar-refractivity contribution is -0.163. The number of hydrogen-bond donors (Lipinski definition) is 1. The average Bonchev–Trinajstić information content (AvgIpc) is 2.53. The molecule has 0 aromatic carbocycles. The third-order valence-corrected chi connectivity index (χ3v) is 3.70. The van der Waals surface area contributed by atoms with Crippen LogP contribution in [-0.2, 0) is 9.53 Å². The van der Waals surface area contributed by atoms with E-state index in [2.05, 4.69) is 0 Å². The third-order valence-electron chi connectivity index (χ3n) is 3.70. The molecule has 0 bridgehead atoms. The van der Waals surface area contributed by atoms with E-state index in [4.69, 9.17) is 9.84 Å². The third kappa shape index (κ3) is 2.86. The highest BCUT2D eigenvalue weighted by Gasteiger charge is 2.63. The van der Waals surface area contributed by atoms with Crippen molar-refractivity contribution in [1.82, 2.24) is 4.90 Å². The highest BCUT2D eigenvalue weighted by Crippen LogP contribution is 2.58. The van der Waals surface area contributed by atoms with E-state index >= 15 is 0 Å². The molecule has 1 amide bonds. The lowest BCUT2D eigenvalue weighted by Gasteiger charge is -2.44. The summed E-state index contributed by atoms with van der Waals surface area (Å²) < 4.78 is 31.3. The van der Waals surface area contributed by atoms with Crippen molar-refractivity contribution in [3.05, 3.63) is 0 Å². The Hall–Kier alpha value is -1.40. The number of halogens is 2. The maximum Gasteiger partial charge on any atom is 0.408 e. The van der Waals surface area contributed by atoms with Gasteiger partial charge in [0.25, 0.3) is 0 Å². The molecule has 1 heterocycles. The molecule has 114 valence electrons. The molecule has 2 aliphatic rings. The topological polar surface area (TPSA) is 66.8 Å². The molecule has 20 heavy (non-hydrogen) atoms. The van der Waals surface area contributed by atoms with Gasteiger partial charge in [0.1, 0.15) is 11.6 Å². The summed E-state index contributed by atoms with van der Waals surface area (Å²) in [4.78, 5) is 24.2. The van der Waals surface area contributed by atoms with Gasteiger partial charge in [-0.15, -0.1) is 0 Å². The number of alkyl halides is 2. The second-order valence-electron chi connectivity index (χ2n) is 6.87. The van der Waals surface area contributed by atoms with Crippen molar-refractivity contribution >= 4 is 12.1 Å². The van der Waals surface area contributed by atoms with Gasteiger partial charge in [-0.3, -0.25) is 4.90 Å². The Bertz CT molecular complexity index is 436. The highest BCUT2D eigenvalue weighted by molar-refractivity contribution is 5.82. The molecule has 0 aromatic heterocycles. The molecule has 7 heteroatoms. The van der Waals surface area contributed by atoms with Crippen LogP contribution in [0.25, 0.3) is 0 Å². The van der Waals surface area contributed by atoms with Crippen LogP contribution < -0.4 is 0 Å². The number of carboxylic acid groups (broad SMARTS) is 1. The number of hydrogen-bond acceptors (Lipinski definition) is 3. The molecule has 1 aliphatic heterocycles. The van der Waals surface area contributed by atoms with E-state index in [1.807, 2.05) is 0 Å². The standard InChI is InChI=1S/C13H19F2NO4/c1-11(2,3)20-9(17)8-4-12(5-13(14,15)6-12)7-16(8)10(18)19/h8H,4-7H2,1-3H3,(H,18,19)/t8-/m0/s1. The van der Waals surface area contributed by atoms with Gasteiger partial charge in [0.15, 0.2) is 0 Å². The summed E-state index contributed by atoms with van der Waals surface area (Å²) >= 11 is 0. The molecular weight excluding hydrogens is 272 g/mol. The van der Waals surface area contributed by atoms with Gasteiger partial charge in [-0.25, -0.2) is 18.4 Å². The monoisotopic (exact) mass is 291 g/mol. The fourth-order valence-corrected chi connectivity index (χ4v) is 3.14. The second kappa shape index (κ2) is 4.30. The molecule has 2 fully saturated rings. The Morgan fingerprint density at radius 2 is 1.85 bits per heavy atom. The summed E-state index contributed by atoms with van der Waals surface area (Å²) in [5, 5.41) is 9.14. The Morgan fingerprint density at radius 3 is 2.25 bits per heavy atom. The van der Waals surface area contributed by atoms with Crippen molar-refractivity contribution in [1.29, 1.82) is 0 Å². The van der Waals surface area contributed by atoms with Crippen LogP contribution in [-0.4, -0.2) is 46.2 Å². The molecule has 1 saturated carbocycles. The molecule has 0 unspecified atom stereocenters.